The van der Waals surface area contributed by atoms with Gasteiger partial charge in [0.1, 0.15) is 12.0 Å². The van der Waals surface area contributed by atoms with E-state index in [1.54, 1.807) is 0 Å². The lowest BCUT2D eigenvalue weighted by Crippen LogP contribution is -2.12. The van der Waals surface area contributed by atoms with Crippen molar-refractivity contribution < 1.29 is 9.72 Å². The Labute approximate surface area is 99.2 Å². The molecule has 0 radical (unpaired) electrons. The summed E-state index contributed by atoms with van der Waals surface area (Å²) < 4.78 is 0. The van der Waals surface area contributed by atoms with Crippen molar-refractivity contribution >= 4 is 17.4 Å². The highest BCUT2D eigenvalue weighted by Gasteiger charge is 2.07. The molecule has 0 fully saturated rings. The molecule has 0 spiro atoms. The minimum atomic E-state index is -0.528. The smallest absolute Gasteiger partial charge is 0.287 e. The van der Waals surface area contributed by atoms with Crippen molar-refractivity contribution in [1.82, 2.24) is 4.98 Å². The number of hydrogen-bond donors (Lipinski definition) is 1. The first kappa shape index (κ1) is 13.1. The van der Waals surface area contributed by atoms with Crippen molar-refractivity contribution in [2.45, 2.75) is 32.6 Å². The van der Waals surface area contributed by atoms with Gasteiger partial charge in [-0.15, -0.1) is 0 Å². The molecule has 1 aromatic heterocycles. The average molecular weight is 237 g/mol. The number of pyridine rings is 1. The number of carbonyl (C=O) groups excluding carboxylic acids is 1. The maximum absolute atomic E-state index is 11.4. The van der Waals surface area contributed by atoms with E-state index < -0.39 is 4.92 Å². The summed E-state index contributed by atoms with van der Waals surface area (Å²) in [6.45, 7) is 2.07. The number of amides is 1. The van der Waals surface area contributed by atoms with Crippen LogP contribution in [-0.2, 0) is 4.79 Å². The van der Waals surface area contributed by atoms with Crippen LogP contribution >= 0.6 is 0 Å². The second kappa shape index (κ2) is 6.57. The first-order valence-electron chi connectivity index (χ1n) is 5.53. The predicted octanol–water partition coefficient (Wildman–Crippen LogP) is 2.51. The molecule has 1 N–H and O–H groups in total. The molecular formula is C11H15N3O3. The van der Waals surface area contributed by atoms with E-state index in [4.69, 9.17) is 0 Å². The molecule has 0 unspecified atom stereocenters. The largest absolute Gasteiger partial charge is 0.311 e. The third-order valence-corrected chi connectivity index (χ3v) is 2.23. The van der Waals surface area contributed by atoms with Crippen LogP contribution in [0.1, 0.15) is 32.6 Å². The minimum absolute atomic E-state index is 0.0889. The van der Waals surface area contributed by atoms with Crippen LogP contribution in [-0.4, -0.2) is 15.8 Å². The van der Waals surface area contributed by atoms with Crippen molar-refractivity contribution in [3.63, 3.8) is 0 Å². The summed E-state index contributed by atoms with van der Waals surface area (Å²) in [7, 11) is 0. The maximum Gasteiger partial charge on any atom is 0.287 e. The molecule has 1 aromatic rings. The topological polar surface area (TPSA) is 85.1 Å². The van der Waals surface area contributed by atoms with E-state index in [0.717, 1.165) is 25.5 Å². The van der Waals surface area contributed by atoms with Gasteiger partial charge in [0.15, 0.2) is 0 Å². The molecule has 0 bridgehead atoms. The van der Waals surface area contributed by atoms with E-state index in [2.05, 4.69) is 17.2 Å². The van der Waals surface area contributed by atoms with Crippen molar-refractivity contribution in [2.24, 2.45) is 0 Å². The zero-order valence-corrected chi connectivity index (χ0v) is 9.68. The Morgan fingerprint density at radius 2 is 2.24 bits per heavy atom. The number of anilines is 1. The van der Waals surface area contributed by atoms with Gasteiger partial charge in [-0.25, -0.2) is 4.98 Å². The third kappa shape index (κ3) is 4.58. The number of nitro groups is 1. The zero-order chi connectivity index (χ0) is 12.7. The Hall–Kier alpha value is -1.98. The standard InChI is InChI=1S/C11H15N3O3/c1-2-3-4-5-11(15)13-10-7-6-9(8-12-10)14(16)17/h6-8H,2-5H2,1H3,(H,12,13,15). The number of unbranched alkanes of at least 4 members (excludes halogenated alkanes) is 2. The van der Waals surface area contributed by atoms with Gasteiger partial charge in [0.2, 0.25) is 5.91 Å². The van der Waals surface area contributed by atoms with Gasteiger partial charge in [0, 0.05) is 12.5 Å². The summed E-state index contributed by atoms with van der Waals surface area (Å²) in [5, 5.41) is 13.0. The fourth-order valence-electron chi connectivity index (χ4n) is 1.31. The Morgan fingerprint density at radius 1 is 1.47 bits per heavy atom. The lowest BCUT2D eigenvalue weighted by molar-refractivity contribution is -0.385. The molecule has 0 saturated carbocycles. The van der Waals surface area contributed by atoms with E-state index in [1.807, 2.05) is 0 Å². The van der Waals surface area contributed by atoms with E-state index in [1.165, 1.54) is 12.1 Å². The van der Waals surface area contributed by atoms with Gasteiger partial charge in [-0.05, 0) is 12.5 Å². The highest BCUT2D eigenvalue weighted by atomic mass is 16.6. The van der Waals surface area contributed by atoms with E-state index in [9.17, 15) is 14.9 Å². The van der Waals surface area contributed by atoms with Crippen LogP contribution in [0.5, 0.6) is 0 Å². The Morgan fingerprint density at radius 3 is 2.76 bits per heavy atom. The lowest BCUT2D eigenvalue weighted by atomic mass is 10.2. The number of nitrogens with zero attached hydrogens (tertiary/aromatic N) is 2. The van der Waals surface area contributed by atoms with Crippen LogP contribution in [0.15, 0.2) is 18.3 Å². The van der Waals surface area contributed by atoms with Gasteiger partial charge in [0.05, 0.1) is 4.92 Å². The molecule has 1 heterocycles. The van der Waals surface area contributed by atoms with Crippen molar-refractivity contribution in [3.05, 3.63) is 28.4 Å². The van der Waals surface area contributed by atoms with Gasteiger partial charge >= 0.3 is 0 Å². The lowest BCUT2D eigenvalue weighted by Gasteiger charge is -2.03. The predicted molar refractivity (Wildman–Crippen MR) is 63.7 cm³/mol. The Bertz CT molecular complexity index is 389. The monoisotopic (exact) mass is 237 g/mol. The van der Waals surface area contributed by atoms with Crippen molar-refractivity contribution in [3.8, 4) is 0 Å². The van der Waals surface area contributed by atoms with E-state index in [-0.39, 0.29) is 11.6 Å². The summed E-state index contributed by atoms with van der Waals surface area (Å²) in [6, 6.07) is 2.74. The van der Waals surface area contributed by atoms with E-state index >= 15 is 0 Å². The van der Waals surface area contributed by atoms with Gasteiger partial charge in [-0.3, -0.25) is 14.9 Å². The quantitative estimate of drug-likeness (QED) is 0.468. The molecule has 6 nitrogen and oxygen atoms in total. The fraction of sp³-hybridized carbons (Fsp3) is 0.455. The maximum atomic E-state index is 11.4. The number of rotatable bonds is 6. The highest BCUT2D eigenvalue weighted by molar-refractivity contribution is 5.89. The van der Waals surface area contributed by atoms with Crippen LogP contribution in [0.3, 0.4) is 0 Å². The molecule has 0 atom stereocenters. The van der Waals surface area contributed by atoms with Crippen molar-refractivity contribution in [2.75, 3.05) is 5.32 Å². The summed E-state index contributed by atoms with van der Waals surface area (Å²) in [4.78, 5) is 25.1. The number of carbonyl (C=O) groups is 1. The molecule has 17 heavy (non-hydrogen) atoms. The average Bonchev–Trinajstić information content (AvgIpc) is 2.30. The molecule has 0 aliphatic carbocycles. The number of aromatic nitrogens is 1. The summed E-state index contributed by atoms with van der Waals surface area (Å²) in [5.41, 5.74) is -0.0889. The molecule has 92 valence electrons. The van der Waals surface area contributed by atoms with Gasteiger partial charge in [-0.2, -0.15) is 0 Å². The molecule has 1 rings (SSSR count). The highest BCUT2D eigenvalue weighted by Crippen LogP contribution is 2.12. The van der Waals surface area contributed by atoms with Crippen LogP contribution in [0.4, 0.5) is 11.5 Å². The SMILES string of the molecule is CCCCCC(=O)Nc1ccc([N+](=O)[O-])cn1. The first-order chi connectivity index (χ1) is 8.13. The molecule has 0 aliphatic heterocycles. The van der Waals surface area contributed by atoms with Gasteiger partial charge in [-0.1, -0.05) is 19.8 Å². The van der Waals surface area contributed by atoms with E-state index in [0.29, 0.717) is 12.2 Å². The summed E-state index contributed by atoms with van der Waals surface area (Å²) in [6.07, 6.45) is 4.49. The molecule has 6 heteroatoms. The molecule has 0 saturated heterocycles. The molecule has 1 amide bonds. The Balaban J connectivity index is 2.46. The number of hydrogen-bond acceptors (Lipinski definition) is 4. The van der Waals surface area contributed by atoms with Crippen LogP contribution < -0.4 is 5.32 Å². The summed E-state index contributed by atoms with van der Waals surface area (Å²) >= 11 is 0. The molecule has 0 aliphatic rings. The van der Waals surface area contributed by atoms with Gasteiger partial charge in [0.25, 0.3) is 5.69 Å². The van der Waals surface area contributed by atoms with Crippen LogP contribution in [0.2, 0.25) is 0 Å². The zero-order valence-electron chi connectivity index (χ0n) is 9.68. The molecular weight excluding hydrogens is 222 g/mol. The van der Waals surface area contributed by atoms with Crippen molar-refractivity contribution in [1.29, 1.82) is 0 Å². The second-order valence-electron chi connectivity index (χ2n) is 3.66. The first-order valence-corrected chi connectivity index (χ1v) is 5.53. The van der Waals surface area contributed by atoms with Crippen LogP contribution in [0, 0.1) is 10.1 Å². The Kier molecular flexibility index (Phi) is 5.06. The summed E-state index contributed by atoms with van der Waals surface area (Å²) in [5.74, 6) is 0.233. The minimum Gasteiger partial charge on any atom is -0.311 e. The molecule has 0 aromatic carbocycles. The number of nitrogens with one attached hydrogen (secondary N) is 1. The second-order valence-corrected chi connectivity index (χ2v) is 3.66. The third-order valence-electron chi connectivity index (χ3n) is 2.23. The normalized spacial score (nSPS) is 9.94. The van der Waals surface area contributed by atoms with Crippen LogP contribution in [0.25, 0.3) is 0 Å². The van der Waals surface area contributed by atoms with Gasteiger partial charge < -0.3 is 5.32 Å². The fourth-order valence-corrected chi connectivity index (χ4v) is 1.31.